The quantitative estimate of drug-likeness (QED) is 0.418. The standard InChI is InChI=1S/C27H26N2O5/c1-14-7-15(2)9-19(8-14)28-22(30)13-34-27(33)17-5-4-6-20(11-17)29-25(31)23-18-10-16(3)21(12-18)24(23)26(29)32/h4-11,18,21,23-24H,12-13H2,1-3H3,(H,28,30)/t18-,21+,23-,24-/m0/s1. The van der Waals surface area contributed by atoms with Crippen molar-refractivity contribution in [1.82, 2.24) is 0 Å². The molecule has 7 heteroatoms. The lowest BCUT2D eigenvalue weighted by Gasteiger charge is -2.19. The molecule has 174 valence electrons. The van der Waals surface area contributed by atoms with E-state index < -0.39 is 18.5 Å². The summed E-state index contributed by atoms with van der Waals surface area (Å²) < 4.78 is 5.18. The number of imide groups is 1. The molecule has 3 amide bonds. The second-order valence-electron chi connectivity index (χ2n) is 9.53. The predicted octanol–water partition coefficient (Wildman–Crippen LogP) is 3.80. The monoisotopic (exact) mass is 458 g/mol. The van der Waals surface area contributed by atoms with E-state index in [9.17, 15) is 19.2 Å². The molecule has 2 aromatic rings. The molecule has 0 spiro atoms. The van der Waals surface area contributed by atoms with Gasteiger partial charge in [0.25, 0.3) is 5.91 Å². The third kappa shape index (κ3) is 3.71. The van der Waals surface area contributed by atoms with Crippen molar-refractivity contribution in [3.63, 3.8) is 0 Å². The van der Waals surface area contributed by atoms with Crippen molar-refractivity contribution in [2.75, 3.05) is 16.8 Å². The minimum absolute atomic E-state index is 0.111. The van der Waals surface area contributed by atoms with Crippen LogP contribution >= 0.6 is 0 Å². The molecule has 1 heterocycles. The molecular weight excluding hydrogens is 432 g/mol. The van der Waals surface area contributed by atoms with Crippen molar-refractivity contribution in [3.8, 4) is 0 Å². The van der Waals surface area contributed by atoms with E-state index in [1.54, 1.807) is 12.1 Å². The fraction of sp³-hybridized carbons (Fsp3) is 0.333. The number of esters is 1. The third-order valence-electron chi connectivity index (χ3n) is 7.06. The van der Waals surface area contributed by atoms with Gasteiger partial charge < -0.3 is 10.1 Å². The van der Waals surface area contributed by atoms with Crippen LogP contribution in [0.1, 0.15) is 34.8 Å². The van der Waals surface area contributed by atoms with Crippen LogP contribution in [-0.4, -0.2) is 30.3 Å². The Labute approximate surface area is 197 Å². The minimum Gasteiger partial charge on any atom is -0.452 e. The van der Waals surface area contributed by atoms with Crippen LogP contribution < -0.4 is 10.2 Å². The number of ether oxygens (including phenoxy) is 1. The minimum atomic E-state index is -0.700. The molecule has 0 radical (unpaired) electrons. The first-order chi connectivity index (χ1) is 16.2. The summed E-state index contributed by atoms with van der Waals surface area (Å²) in [6.07, 6.45) is 2.99. The van der Waals surface area contributed by atoms with Gasteiger partial charge in [0.15, 0.2) is 6.61 Å². The van der Waals surface area contributed by atoms with Crippen molar-refractivity contribution < 1.29 is 23.9 Å². The molecule has 0 aromatic heterocycles. The molecule has 0 unspecified atom stereocenters. The predicted molar refractivity (Wildman–Crippen MR) is 126 cm³/mol. The van der Waals surface area contributed by atoms with Crippen molar-refractivity contribution in [2.45, 2.75) is 27.2 Å². The first-order valence-electron chi connectivity index (χ1n) is 11.4. The summed E-state index contributed by atoms with van der Waals surface area (Å²) in [5.74, 6) is -1.95. The van der Waals surface area contributed by atoms with Gasteiger partial charge >= 0.3 is 5.97 Å². The highest BCUT2D eigenvalue weighted by Gasteiger charge is 2.60. The maximum absolute atomic E-state index is 13.2. The van der Waals surface area contributed by atoms with Crippen molar-refractivity contribution in [3.05, 3.63) is 70.8 Å². The van der Waals surface area contributed by atoms with Gasteiger partial charge in [-0.3, -0.25) is 14.4 Å². The van der Waals surface area contributed by atoms with Gasteiger partial charge in [0.2, 0.25) is 11.8 Å². The number of nitrogens with one attached hydrogen (secondary N) is 1. The first kappa shape index (κ1) is 22.1. The Kier molecular flexibility index (Phi) is 5.35. The van der Waals surface area contributed by atoms with Crippen LogP contribution in [0.25, 0.3) is 0 Å². The molecule has 2 bridgehead atoms. The molecule has 2 aromatic carbocycles. The fourth-order valence-electron chi connectivity index (χ4n) is 5.76. The van der Waals surface area contributed by atoms with Crippen LogP contribution in [0.2, 0.25) is 0 Å². The Morgan fingerprint density at radius 1 is 1.00 bits per heavy atom. The lowest BCUT2D eigenvalue weighted by atomic mass is 9.82. The Bertz CT molecular complexity index is 1240. The molecular formula is C27H26N2O5. The van der Waals surface area contributed by atoms with Gasteiger partial charge in [0, 0.05) is 5.69 Å². The lowest BCUT2D eigenvalue weighted by molar-refractivity contribution is -0.123. The summed E-state index contributed by atoms with van der Waals surface area (Å²) in [5, 5.41) is 2.72. The summed E-state index contributed by atoms with van der Waals surface area (Å²) in [6.45, 7) is 5.44. The maximum Gasteiger partial charge on any atom is 0.338 e. The van der Waals surface area contributed by atoms with Crippen LogP contribution in [0.3, 0.4) is 0 Å². The highest BCUT2D eigenvalue weighted by atomic mass is 16.5. The van der Waals surface area contributed by atoms with E-state index >= 15 is 0 Å². The molecule has 1 saturated heterocycles. The number of hydrogen-bond acceptors (Lipinski definition) is 5. The average Bonchev–Trinajstić information content (AvgIpc) is 3.41. The van der Waals surface area contributed by atoms with Crippen LogP contribution in [0.4, 0.5) is 11.4 Å². The molecule has 2 fully saturated rings. The summed E-state index contributed by atoms with van der Waals surface area (Å²) in [4.78, 5) is 52.3. The van der Waals surface area contributed by atoms with E-state index in [0.29, 0.717) is 11.4 Å². The third-order valence-corrected chi connectivity index (χ3v) is 7.06. The topological polar surface area (TPSA) is 92.8 Å². The zero-order chi connectivity index (χ0) is 24.1. The number of carbonyl (C=O) groups excluding carboxylic acids is 4. The molecule has 1 N–H and O–H groups in total. The van der Waals surface area contributed by atoms with Gasteiger partial charge in [-0.2, -0.15) is 0 Å². The number of aryl methyl sites for hydroxylation is 2. The van der Waals surface area contributed by atoms with Crippen molar-refractivity contribution in [2.24, 2.45) is 23.7 Å². The second-order valence-corrected chi connectivity index (χ2v) is 9.53. The highest BCUT2D eigenvalue weighted by Crippen LogP contribution is 2.55. The normalized spacial score (nSPS) is 24.8. The molecule has 7 nitrogen and oxygen atoms in total. The SMILES string of the molecule is CC1=C[C@H]2C[C@H]1[C@@H]1C(=O)N(c3cccc(C(=O)OCC(=O)Nc4cc(C)cc(C)c4)c3)C(=O)[C@H]12. The maximum atomic E-state index is 13.2. The highest BCUT2D eigenvalue weighted by molar-refractivity contribution is 6.23. The van der Waals surface area contributed by atoms with Crippen molar-refractivity contribution in [1.29, 1.82) is 0 Å². The number of hydrogen-bond donors (Lipinski definition) is 1. The van der Waals surface area contributed by atoms with E-state index in [1.807, 2.05) is 39.0 Å². The van der Waals surface area contributed by atoms with Crippen LogP contribution in [0.5, 0.6) is 0 Å². The van der Waals surface area contributed by atoms with Gasteiger partial charge in [0.05, 0.1) is 23.1 Å². The molecule has 1 aliphatic heterocycles. The van der Waals surface area contributed by atoms with E-state index in [-0.39, 0.29) is 41.0 Å². The van der Waals surface area contributed by atoms with Crippen LogP contribution in [-0.2, 0) is 19.1 Å². The Morgan fingerprint density at radius 3 is 2.44 bits per heavy atom. The van der Waals surface area contributed by atoms with Gasteiger partial charge in [-0.1, -0.05) is 23.8 Å². The number of fused-ring (bicyclic) bond motifs is 5. The number of carbonyl (C=O) groups is 4. The zero-order valence-corrected chi connectivity index (χ0v) is 19.3. The largest absolute Gasteiger partial charge is 0.452 e. The summed E-state index contributed by atoms with van der Waals surface area (Å²) in [6, 6.07) is 11.9. The van der Waals surface area contributed by atoms with Crippen LogP contribution in [0.15, 0.2) is 54.1 Å². The number of anilines is 2. The van der Waals surface area contributed by atoms with E-state index in [1.165, 1.54) is 22.6 Å². The molecule has 3 aliphatic rings. The number of amides is 3. The molecule has 5 rings (SSSR count). The second kappa shape index (κ2) is 8.24. The Balaban J connectivity index is 1.25. The molecule has 1 saturated carbocycles. The Morgan fingerprint density at radius 2 is 1.71 bits per heavy atom. The lowest BCUT2D eigenvalue weighted by Crippen LogP contribution is -2.33. The average molecular weight is 459 g/mol. The molecule has 34 heavy (non-hydrogen) atoms. The molecule has 2 aliphatic carbocycles. The summed E-state index contributed by atoms with van der Waals surface area (Å²) in [7, 11) is 0. The summed E-state index contributed by atoms with van der Waals surface area (Å²) in [5.41, 5.74) is 4.38. The number of allylic oxidation sites excluding steroid dienone is 2. The Hall–Kier alpha value is -3.74. The smallest absolute Gasteiger partial charge is 0.338 e. The summed E-state index contributed by atoms with van der Waals surface area (Å²) >= 11 is 0. The van der Waals surface area contributed by atoms with Crippen molar-refractivity contribution >= 4 is 35.1 Å². The van der Waals surface area contributed by atoms with Gasteiger partial charge in [-0.15, -0.1) is 0 Å². The van der Waals surface area contributed by atoms with E-state index in [0.717, 1.165) is 17.5 Å². The number of benzene rings is 2. The van der Waals surface area contributed by atoms with Gasteiger partial charge in [-0.25, -0.2) is 9.69 Å². The first-order valence-corrected chi connectivity index (χ1v) is 11.4. The fourth-order valence-corrected chi connectivity index (χ4v) is 5.76. The number of nitrogens with zero attached hydrogens (tertiary/aromatic N) is 1. The van der Waals surface area contributed by atoms with Crippen LogP contribution in [0, 0.1) is 37.5 Å². The van der Waals surface area contributed by atoms with E-state index in [2.05, 4.69) is 11.4 Å². The number of rotatable bonds is 5. The molecule has 4 atom stereocenters. The van der Waals surface area contributed by atoms with Gasteiger partial charge in [-0.05, 0) is 80.5 Å². The van der Waals surface area contributed by atoms with E-state index in [4.69, 9.17) is 4.74 Å². The van der Waals surface area contributed by atoms with Gasteiger partial charge in [0.1, 0.15) is 0 Å². The zero-order valence-electron chi connectivity index (χ0n) is 19.3.